The van der Waals surface area contributed by atoms with Crippen molar-refractivity contribution < 1.29 is 23.8 Å². The van der Waals surface area contributed by atoms with E-state index in [1.54, 1.807) is 6.92 Å². The molecule has 104 valence electrons. The maximum absolute atomic E-state index is 12.8. The van der Waals surface area contributed by atoms with Crippen LogP contribution in [0.2, 0.25) is 0 Å². The van der Waals surface area contributed by atoms with Crippen molar-refractivity contribution in [3.63, 3.8) is 0 Å². The van der Waals surface area contributed by atoms with Crippen molar-refractivity contribution in [3.05, 3.63) is 28.5 Å². The van der Waals surface area contributed by atoms with Gasteiger partial charge in [-0.3, -0.25) is 4.79 Å². The zero-order valence-corrected chi connectivity index (χ0v) is 11.7. The first-order valence-corrected chi connectivity index (χ1v) is 6.33. The van der Waals surface area contributed by atoms with Crippen LogP contribution in [0.25, 0.3) is 0 Å². The smallest absolute Gasteiger partial charge is 0.326 e. The highest BCUT2D eigenvalue weighted by molar-refractivity contribution is 9.10. The third-order valence-electron chi connectivity index (χ3n) is 2.29. The third kappa shape index (κ3) is 4.86. The van der Waals surface area contributed by atoms with Gasteiger partial charge in [0.15, 0.2) is 6.61 Å². The average molecular weight is 334 g/mol. The molecule has 0 saturated heterocycles. The van der Waals surface area contributed by atoms with Crippen molar-refractivity contribution in [1.29, 1.82) is 0 Å². The van der Waals surface area contributed by atoms with E-state index in [2.05, 4.69) is 21.2 Å². The zero-order valence-electron chi connectivity index (χ0n) is 10.2. The van der Waals surface area contributed by atoms with Crippen LogP contribution in [0.15, 0.2) is 22.7 Å². The number of ether oxygens (including phenoxy) is 1. The molecule has 1 aromatic rings. The van der Waals surface area contributed by atoms with Crippen LogP contribution in [0, 0.1) is 5.82 Å². The number of nitrogens with one attached hydrogen (secondary N) is 1. The molecule has 1 amide bonds. The summed E-state index contributed by atoms with van der Waals surface area (Å²) in [5.74, 6) is -1.77. The first-order chi connectivity index (χ1) is 8.93. The fourth-order valence-electron chi connectivity index (χ4n) is 1.31. The number of hydrogen-bond acceptors (Lipinski definition) is 3. The molecule has 0 radical (unpaired) electrons. The lowest BCUT2D eigenvalue weighted by atomic mass is 10.2. The molecule has 0 saturated carbocycles. The molecule has 1 aromatic carbocycles. The highest BCUT2D eigenvalue weighted by Crippen LogP contribution is 2.25. The van der Waals surface area contributed by atoms with Crippen LogP contribution in [0.3, 0.4) is 0 Å². The number of carbonyl (C=O) groups is 2. The Morgan fingerprint density at radius 3 is 2.74 bits per heavy atom. The number of hydrogen-bond donors (Lipinski definition) is 2. The number of carboxylic acids is 1. The number of rotatable bonds is 6. The van der Waals surface area contributed by atoms with E-state index in [0.29, 0.717) is 10.2 Å². The fraction of sp³-hybridized carbons (Fsp3) is 0.333. The second kappa shape index (κ2) is 7.08. The minimum absolute atomic E-state index is 0.279. The molecule has 0 heterocycles. The molecule has 2 N–H and O–H groups in total. The van der Waals surface area contributed by atoms with Gasteiger partial charge >= 0.3 is 5.97 Å². The molecule has 0 bridgehead atoms. The highest BCUT2D eigenvalue weighted by Gasteiger charge is 2.17. The van der Waals surface area contributed by atoms with E-state index in [-0.39, 0.29) is 13.0 Å². The summed E-state index contributed by atoms with van der Waals surface area (Å²) in [6.45, 7) is 1.31. The molecular weight excluding hydrogens is 321 g/mol. The molecule has 0 spiro atoms. The van der Waals surface area contributed by atoms with Gasteiger partial charge in [0, 0.05) is 0 Å². The Morgan fingerprint density at radius 1 is 1.53 bits per heavy atom. The van der Waals surface area contributed by atoms with Gasteiger partial charge in [-0.25, -0.2) is 9.18 Å². The van der Waals surface area contributed by atoms with Crippen molar-refractivity contribution in [2.45, 2.75) is 19.4 Å². The number of amides is 1. The summed E-state index contributed by atoms with van der Waals surface area (Å²) in [6.07, 6.45) is 0.279. The SMILES string of the molecule is CC[C@H](NC(=O)COc1ccc(F)cc1Br)C(=O)O. The van der Waals surface area contributed by atoms with E-state index in [1.165, 1.54) is 18.2 Å². The number of halogens is 2. The second-order valence-electron chi connectivity index (χ2n) is 3.73. The van der Waals surface area contributed by atoms with Crippen molar-refractivity contribution >= 4 is 27.8 Å². The first kappa shape index (κ1) is 15.4. The first-order valence-electron chi connectivity index (χ1n) is 5.54. The number of benzene rings is 1. The molecule has 0 aromatic heterocycles. The van der Waals surface area contributed by atoms with Crippen LogP contribution in [-0.2, 0) is 9.59 Å². The maximum Gasteiger partial charge on any atom is 0.326 e. The standard InChI is InChI=1S/C12H13BrFNO4/c1-2-9(12(17)18)15-11(16)6-19-10-4-3-7(14)5-8(10)13/h3-5,9H,2,6H2,1H3,(H,15,16)(H,17,18)/t9-/m0/s1. The van der Waals surface area contributed by atoms with Crippen LogP contribution in [0.1, 0.15) is 13.3 Å². The summed E-state index contributed by atoms with van der Waals surface area (Å²) in [5.41, 5.74) is 0. The van der Waals surface area contributed by atoms with Gasteiger partial charge in [-0.2, -0.15) is 0 Å². The van der Waals surface area contributed by atoms with Crippen molar-refractivity contribution in [2.75, 3.05) is 6.61 Å². The summed E-state index contributed by atoms with van der Waals surface area (Å²) in [5, 5.41) is 11.1. The number of aliphatic carboxylic acids is 1. The van der Waals surface area contributed by atoms with E-state index in [9.17, 15) is 14.0 Å². The molecule has 5 nitrogen and oxygen atoms in total. The van der Waals surface area contributed by atoms with Gasteiger partial charge in [0.05, 0.1) is 4.47 Å². The minimum atomic E-state index is -1.10. The van der Waals surface area contributed by atoms with Crippen LogP contribution in [-0.4, -0.2) is 29.6 Å². The van der Waals surface area contributed by atoms with Crippen LogP contribution < -0.4 is 10.1 Å². The Hall–Kier alpha value is -1.63. The molecule has 7 heteroatoms. The van der Waals surface area contributed by atoms with Crippen molar-refractivity contribution in [3.8, 4) is 5.75 Å². The fourth-order valence-corrected chi connectivity index (χ4v) is 1.78. The predicted molar refractivity (Wildman–Crippen MR) is 69.5 cm³/mol. The Labute approximate surface area is 117 Å². The van der Waals surface area contributed by atoms with E-state index in [0.717, 1.165) is 0 Å². The largest absolute Gasteiger partial charge is 0.483 e. The van der Waals surface area contributed by atoms with Gasteiger partial charge in [-0.1, -0.05) is 6.92 Å². The number of carbonyl (C=O) groups excluding carboxylic acids is 1. The van der Waals surface area contributed by atoms with Gasteiger partial charge in [0.2, 0.25) is 0 Å². The van der Waals surface area contributed by atoms with Gasteiger partial charge in [-0.15, -0.1) is 0 Å². The second-order valence-corrected chi connectivity index (χ2v) is 4.58. The van der Waals surface area contributed by atoms with E-state index in [4.69, 9.17) is 9.84 Å². The summed E-state index contributed by atoms with van der Waals surface area (Å²) in [4.78, 5) is 22.2. The Morgan fingerprint density at radius 2 is 2.21 bits per heavy atom. The normalized spacial score (nSPS) is 11.7. The summed E-state index contributed by atoms with van der Waals surface area (Å²) < 4.78 is 18.4. The summed E-state index contributed by atoms with van der Waals surface area (Å²) in [7, 11) is 0. The molecular formula is C12H13BrFNO4. The van der Waals surface area contributed by atoms with Gasteiger partial charge < -0.3 is 15.2 Å². The molecule has 1 atom stereocenters. The average Bonchev–Trinajstić information content (AvgIpc) is 2.34. The van der Waals surface area contributed by atoms with E-state index in [1.807, 2.05) is 0 Å². The molecule has 1 rings (SSSR count). The molecule has 0 fully saturated rings. The maximum atomic E-state index is 12.8. The third-order valence-corrected chi connectivity index (χ3v) is 2.91. The van der Waals surface area contributed by atoms with Gasteiger partial charge in [0.1, 0.15) is 17.6 Å². The molecule has 0 aliphatic carbocycles. The Balaban J connectivity index is 2.52. The Bertz CT molecular complexity index is 481. The van der Waals surface area contributed by atoms with Crippen LogP contribution in [0.4, 0.5) is 4.39 Å². The number of carboxylic acid groups (broad SMARTS) is 1. The predicted octanol–water partition coefficient (Wildman–Crippen LogP) is 1.95. The molecule has 19 heavy (non-hydrogen) atoms. The molecule has 0 aliphatic rings. The Kier molecular flexibility index (Phi) is 5.75. The quantitative estimate of drug-likeness (QED) is 0.834. The lowest BCUT2D eigenvalue weighted by molar-refractivity contribution is -0.142. The monoisotopic (exact) mass is 333 g/mol. The van der Waals surface area contributed by atoms with Crippen LogP contribution in [0.5, 0.6) is 5.75 Å². The topological polar surface area (TPSA) is 75.6 Å². The van der Waals surface area contributed by atoms with E-state index < -0.39 is 23.7 Å². The van der Waals surface area contributed by atoms with E-state index >= 15 is 0 Å². The summed E-state index contributed by atoms with van der Waals surface area (Å²) in [6, 6.07) is 2.85. The van der Waals surface area contributed by atoms with Crippen molar-refractivity contribution in [1.82, 2.24) is 5.32 Å². The van der Waals surface area contributed by atoms with Gasteiger partial charge in [0.25, 0.3) is 5.91 Å². The lowest BCUT2D eigenvalue weighted by Gasteiger charge is -2.13. The van der Waals surface area contributed by atoms with Crippen molar-refractivity contribution in [2.24, 2.45) is 0 Å². The molecule has 0 unspecified atom stereocenters. The lowest BCUT2D eigenvalue weighted by Crippen LogP contribution is -2.42. The van der Waals surface area contributed by atoms with Crippen LogP contribution >= 0.6 is 15.9 Å². The highest BCUT2D eigenvalue weighted by atomic mass is 79.9. The van der Waals surface area contributed by atoms with Gasteiger partial charge in [-0.05, 0) is 40.5 Å². The zero-order chi connectivity index (χ0) is 14.4. The molecule has 0 aliphatic heterocycles. The minimum Gasteiger partial charge on any atom is -0.483 e. The summed E-state index contributed by atoms with van der Waals surface area (Å²) >= 11 is 3.09.